The van der Waals surface area contributed by atoms with Crippen molar-refractivity contribution in [3.8, 4) is 16.3 Å². The van der Waals surface area contributed by atoms with Gasteiger partial charge in [0.2, 0.25) is 5.13 Å². The van der Waals surface area contributed by atoms with Gasteiger partial charge in [0.25, 0.3) is 0 Å². The fraction of sp³-hybridized carbons (Fsp3) is 0.467. The van der Waals surface area contributed by atoms with E-state index in [1.807, 2.05) is 24.3 Å². The van der Waals surface area contributed by atoms with E-state index in [0.29, 0.717) is 13.2 Å². The van der Waals surface area contributed by atoms with E-state index in [1.54, 1.807) is 18.4 Å². The average molecular weight is 320 g/mol. The summed E-state index contributed by atoms with van der Waals surface area (Å²) < 4.78 is 10.9. The summed E-state index contributed by atoms with van der Waals surface area (Å²) in [5.74, 6) is 0.839. The molecule has 1 aromatic heterocycles. The molecule has 6 nitrogen and oxygen atoms in total. The predicted octanol–water partition coefficient (Wildman–Crippen LogP) is 1.77. The Labute approximate surface area is 133 Å². The first-order valence-corrected chi connectivity index (χ1v) is 8.16. The molecule has 0 spiro atoms. The lowest BCUT2D eigenvalue weighted by Gasteiger charge is -2.32. The van der Waals surface area contributed by atoms with Gasteiger partial charge in [-0.3, -0.25) is 0 Å². The monoisotopic (exact) mass is 320 g/mol. The van der Waals surface area contributed by atoms with Crippen LogP contribution in [0.5, 0.6) is 5.75 Å². The van der Waals surface area contributed by atoms with Crippen molar-refractivity contribution >= 4 is 16.5 Å². The first-order chi connectivity index (χ1) is 10.8. The first-order valence-electron chi connectivity index (χ1n) is 7.34. The maximum absolute atomic E-state index is 5.71. The van der Waals surface area contributed by atoms with Crippen LogP contribution in [-0.2, 0) is 4.74 Å². The molecule has 2 heterocycles. The minimum Gasteiger partial charge on any atom is -0.497 e. The topological polar surface area (TPSA) is 73.5 Å². The number of nitrogens with two attached hydrogens (primary N) is 1. The van der Waals surface area contributed by atoms with Crippen LogP contribution in [0, 0.1) is 0 Å². The molecule has 3 rings (SSSR count). The molecule has 0 aliphatic carbocycles. The van der Waals surface area contributed by atoms with E-state index < -0.39 is 0 Å². The van der Waals surface area contributed by atoms with Crippen LogP contribution < -0.4 is 15.4 Å². The maximum atomic E-state index is 5.71. The third-order valence-electron chi connectivity index (χ3n) is 3.65. The molecule has 1 atom stereocenters. The van der Waals surface area contributed by atoms with Crippen LogP contribution in [0.25, 0.3) is 10.6 Å². The molecule has 1 aliphatic heterocycles. The second kappa shape index (κ2) is 7.04. The van der Waals surface area contributed by atoms with Crippen LogP contribution in [0.4, 0.5) is 5.13 Å². The summed E-state index contributed by atoms with van der Waals surface area (Å²) in [4.78, 5) is 2.23. The Balaban J connectivity index is 1.72. The molecule has 118 valence electrons. The Hall–Kier alpha value is -1.70. The van der Waals surface area contributed by atoms with Crippen LogP contribution in [0.1, 0.15) is 6.42 Å². The molecular weight excluding hydrogens is 300 g/mol. The zero-order valence-electron chi connectivity index (χ0n) is 12.6. The number of hydrogen-bond acceptors (Lipinski definition) is 7. The number of nitrogens with zero attached hydrogens (tertiary/aromatic N) is 3. The molecule has 1 aromatic carbocycles. The zero-order chi connectivity index (χ0) is 15.4. The summed E-state index contributed by atoms with van der Waals surface area (Å²) in [5.41, 5.74) is 6.67. The zero-order valence-corrected chi connectivity index (χ0v) is 13.4. The first kappa shape index (κ1) is 15.2. The highest BCUT2D eigenvalue weighted by atomic mass is 32.1. The van der Waals surface area contributed by atoms with Gasteiger partial charge in [-0.05, 0) is 37.2 Å². The molecule has 2 N–H and O–H groups in total. The van der Waals surface area contributed by atoms with E-state index in [4.69, 9.17) is 15.2 Å². The van der Waals surface area contributed by atoms with Gasteiger partial charge < -0.3 is 20.1 Å². The predicted molar refractivity (Wildman–Crippen MR) is 87.5 cm³/mol. The minimum absolute atomic E-state index is 0.187. The number of methoxy groups -OCH3 is 1. The van der Waals surface area contributed by atoms with Crippen molar-refractivity contribution < 1.29 is 9.47 Å². The SMILES string of the molecule is COc1ccc(-c2nnc(N3CCOC(CCN)C3)s2)cc1. The van der Waals surface area contributed by atoms with Gasteiger partial charge in [-0.1, -0.05) is 11.3 Å². The second-order valence-electron chi connectivity index (χ2n) is 5.13. The summed E-state index contributed by atoms with van der Waals surface area (Å²) in [5, 5.41) is 10.5. The van der Waals surface area contributed by atoms with E-state index in [2.05, 4.69) is 15.1 Å². The lowest BCUT2D eigenvalue weighted by molar-refractivity contribution is 0.0368. The quantitative estimate of drug-likeness (QED) is 0.905. The average Bonchev–Trinajstić information content (AvgIpc) is 3.06. The van der Waals surface area contributed by atoms with Gasteiger partial charge in [-0.2, -0.15) is 0 Å². The lowest BCUT2D eigenvalue weighted by Crippen LogP contribution is -2.43. The molecular formula is C15H20N4O2S. The number of ether oxygens (including phenoxy) is 2. The molecule has 0 radical (unpaired) electrons. The van der Waals surface area contributed by atoms with Crippen LogP contribution in [-0.4, -0.2) is 49.7 Å². The highest BCUT2D eigenvalue weighted by Crippen LogP contribution is 2.30. The molecule has 22 heavy (non-hydrogen) atoms. The Bertz CT molecular complexity index is 600. The molecule has 1 fully saturated rings. The number of benzene rings is 1. The number of hydrogen-bond donors (Lipinski definition) is 1. The maximum Gasteiger partial charge on any atom is 0.208 e. The molecule has 2 aromatic rings. The summed E-state index contributed by atoms with van der Waals surface area (Å²) in [6.07, 6.45) is 1.06. The van der Waals surface area contributed by atoms with Crippen molar-refractivity contribution in [1.29, 1.82) is 0 Å². The highest BCUT2D eigenvalue weighted by molar-refractivity contribution is 7.18. The van der Waals surface area contributed by atoms with Gasteiger partial charge in [0.05, 0.1) is 19.8 Å². The van der Waals surface area contributed by atoms with Crippen molar-refractivity contribution in [1.82, 2.24) is 10.2 Å². The standard InChI is InChI=1S/C15H20N4O2S/c1-20-12-4-2-11(3-5-12)14-17-18-15(22-14)19-8-9-21-13(10-19)6-7-16/h2-5,13H,6-10,16H2,1H3. The minimum atomic E-state index is 0.187. The van der Waals surface area contributed by atoms with E-state index in [-0.39, 0.29) is 6.10 Å². The number of aromatic nitrogens is 2. The normalized spacial score (nSPS) is 18.5. The highest BCUT2D eigenvalue weighted by Gasteiger charge is 2.22. The van der Waals surface area contributed by atoms with Gasteiger partial charge in [-0.15, -0.1) is 10.2 Å². The Morgan fingerprint density at radius 3 is 2.91 bits per heavy atom. The van der Waals surface area contributed by atoms with E-state index in [0.717, 1.165) is 41.0 Å². The van der Waals surface area contributed by atoms with Gasteiger partial charge in [0.1, 0.15) is 10.8 Å². The Morgan fingerprint density at radius 1 is 1.36 bits per heavy atom. The molecule has 7 heteroatoms. The largest absolute Gasteiger partial charge is 0.497 e. The van der Waals surface area contributed by atoms with Gasteiger partial charge in [0.15, 0.2) is 0 Å². The second-order valence-corrected chi connectivity index (χ2v) is 6.09. The van der Waals surface area contributed by atoms with Crippen LogP contribution in [0.15, 0.2) is 24.3 Å². The van der Waals surface area contributed by atoms with Crippen molar-refractivity contribution in [2.24, 2.45) is 5.73 Å². The summed E-state index contributed by atoms with van der Waals surface area (Å²) >= 11 is 1.60. The Morgan fingerprint density at radius 2 is 2.18 bits per heavy atom. The van der Waals surface area contributed by atoms with Gasteiger partial charge in [0, 0.05) is 18.7 Å². The van der Waals surface area contributed by atoms with E-state index >= 15 is 0 Å². The van der Waals surface area contributed by atoms with Crippen molar-refractivity contribution in [2.75, 3.05) is 38.3 Å². The molecule has 0 saturated carbocycles. The number of morpholine rings is 1. The number of anilines is 1. The molecule has 1 unspecified atom stereocenters. The molecule has 1 aliphatic rings. The van der Waals surface area contributed by atoms with E-state index in [1.165, 1.54) is 0 Å². The summed E-state index contributed by atoms with van der Waals surface area (Å²) in [6, 6.07) is 7.87. The van der Waals surface area contributed by atoms with Crippen molar-refractivity contribution in [2.45, 2.75) is 12.5 Å². The smallest absolute Gasteiger partial charge is 0.208 e. The van der Waals surface area contributed by atoms with Crippen molar-refractivity contribution in [3.05, 3.63) is 24.3 Å². The molecule has 1 saturated heterocycles. The summed E-state index contributed by atoms with van der Waals surface area (Å²) in [7, 11) is 1.66. The fourth-order valence-electron chi connectivity index (χ4n) is 2.45. The Kier molecular flexibility index (Phi) is 4.87. The third-order valence-corrected chi connectivity index (χ3v) is 4.68. The fourth-order valence-corrected chi connectivity index (χ4v) is 3.33. The molecule has 0 amide bonds. The van der Waals surface area contributed by atoms with Crippen LogP contribution in [0.2, 0.25) is 0 Å². The van der Waals surface area contributed by atoms with Crippen LogP contribution >= 0.6 is 11.3 Å². The summed E-state index contributed by atoms with van der Waals surface area (Å²) in [6.45, 7) is 3.03. The third kappa shape index (κ3) is 3.37. The van der Waals surface area contributed by atoms with Crippen LogP contribution in [0.3, 0.4) is 0 Å². The van der Waals surface area contributed by atoms with E-state index in [9.17, 15) is 0 Å². The van der Waals surface area contributed by atoms with Gasteiger partial charge >= 0.3 is 0 Å². The van der Waals surface area contributed by atoms with Gasteiger partial charge in [-0.25, -0.2) is 0 Å². The number of rotatable bonds is 5. The lowest BCUT2D eigenvalue weighted by atomic mass is 10.2. The van der Waals surface area contributed by atoms with Crippen molar-refractivity contribution in [3.63, 3.8) is 0 Å². The molecule has 0 bridgehead atoms.